The number of thioether (sulfide) groups is 1. The van der Waals surface area contributed by atoms with Gasteiger partial charge in [-0.15, -0.1) is 16.4 Å². The second-order valence-electron chi connectivity index (χ2n) is 4.07. The first kappa shape index (κ1) is 13.1. The maximum Gasteiger partial charge on any atom is 0.209 e. The monoisotopic (exact) mass is 304 g/mol. The second-order valence-corrected chi connectivity index (χ2v) is 5.99. The summed E-state index contributed by atoms with van der Waals surface area (Å²) in [6.07, 6.45) is 3.93. The number of nitrogens with zero attached hydrogens (tertiary/aromatic N) is 3. The second kappa shape index (κ2) is 6.06. The Balaban J connectivity index is 1.59. The molecule has 0 aliphatic heterocycles. The maximum absolute atomic E-state index is 5.02. The van der Waals surface area contributed by atoms with E-state index in [0.29, 0.717) is 10.9 Å². The topological polar surface area (TPSA) is 67.6 Å². The Kier molecular flexibility index (Phi) is 3.98. The van der Waals surface area contributed by atoms with Crippen molar-refractivity contribution in [2.75, 3.05) is 0 Å². The molecule has 3 heterocycles. The predicted molar refractivity (Wildman–Crippen MR) is 80.4 cm³/mol. The van der Waals surface area contributed by atoms with Gasteiger partial charge in [0, 0.05) is 16.7 Å². The van der Waals surface area contributed by atoms with Crippen molar-refractivity contribution < 1.29 is 4.52 Å². The highest BCUT2D eigenvalue weighted by atomic mass is 32.2. The van der Waals surface area contributed by atoms with E-state index in [4.69, 9.17) is 4.52 Å². The molecule has 0 amide bonds. The summed E-state index contributed by atoms with van der Waals surface area (Å²) in [6, 6.07) is 5.99. The molecule has 0 aliphatic rings. The lowest BCUT2D eigenvalue weighted by Gasteiger charge is -1.89. The number of nitrogens with one attached hydrogen (secondary N) is 1. The zero-order valence-corrected chi connectivity index (χ0v) is 12.4. The summed E-state index contributed by atoms with van der Waals surface area (Å²) in [7, 11) is 0. The molecule has 0 atom stereocenters. The van der Waals surface area contributed by atoms with Crippen molar-refractivity contribution in [1.29, 1.82) is 0 Å². The Labute approximate surface area is 124 Å². The van der Waals surface area contributed by atoms with Gasteiger partial charge in [0.15, 0.2) is 0 Å². The summed E-state index contributed by atoms with van der Waals surface area (Å²) >= 11 is 3.21. The summed E-state index contributed by atoms with van der Waals surface area (Å²) in [5.74, 6) is 2.26. The van der Waals surface area contributed by atoms with E-state index in [2.05, 4.69) is 26.4 Å². The first-order valence-corrected chi connectivity index (χ1v) is 7.85. The Morgan fingerprint density at radius 1 is 1.45 bits per heavy atom. The molecule has 3 rings (SSSR count). The lowest BCUT2D eigenvalue weighted by atomic mass is 10.4. The lowest BCUT2D eigenvalue weighted by Crippen LogP contribution is -1.81. The molecule has 3 aromatic rings. The number of H-pyrrole nitrogens is 1. The Morgan fingerprint density at radius 2 is 2.40 bits per heavy atom. The van der Waals surface area contributed by atoms with Crippen LogP contribution in [0.4, 0.5) is 0 Å². The van der Waals surface area contributed by atoms with Crippen molar-refractivity contribution in [1.82, 2.24) is 20.3 Å². The number of hydrogen-bond donors (Lipinski definition) is 1. The van der Waals surface area contributed by atoms with Gasteiger partial charge in [-0.3, -0.25) is 5.10 Å². The molecule has 20 heavy (non-hydrogen) atoms. The van der Waals surface area contributed by atoms with Gasteiger partial charge in [0.25, 0.3) is 0 Å². The van der Waals surface area contributed by atoms with Crippen LogP contribution >= 0.6 is 23.1 Å². The molecular weight excluding hydrogens is 292 g/mol. The van der Waals surface area contributed by atoms with E-state index in [0.717, 1.165) is 17.3 Å². The fourth-order valence-corrected chi connectivity index (χ4v) is 2.87. The van der Waals surface area contributed by atoms with Gasteiger partial charge in [0.1, 0.15) is 11.6 Å². The van der Waals surface area contributed by atoms with Crippen molar-refractivity contribution >= 4 is 35.3 Å². The summed E-state index contributed by atoms with van der Waals surface area (Å²) in [5, 5.41) is 13.7. The van der Waals surface area contributed by atoms with Gasteiger partial charge in [-0.2, -0.15) is 0 Å². The molecule has 0 unspecified atom stereocenters. The van der Waals surface area contributed by atoms with Gasteiger partial charge in [-0.05, 0) is 30.5 Å². The summed E-state index contributed by atoms with van der Waals surface area (Å²) in [6.45, 7) is 1.88. The summed E-state index contributed by atoms with van der Waals surface area (Å²) in [5.41, 5.74) is 0.896. The van der Waals surface area contributed by atoms with Crippen LogP contribution in [0, 0.1) is 6.92 Å². The summed E-state index contributed by atoms with van der Waals surface area (Å²) in [4.78, 5) is 5.58. The van der Waals surface area contributed by atoms with Crippen molar-refractivity contribution in [3.63, 3.8) is 0 Å². The standard InChI is InChI=1S/C13H12N4OS2/c1-9-7-10(17-18-9)8-20-13-14-12(15-16-13)5-4-11-3-2-6-19-11/h2-7H,8H2,1H3,(H,14,15,16)/b5-4+. The Bertz CT molecular complexity index is 700. The lowest BCUT2D eigenvalue weighted by molar-refractivity contribution is 0.393. The van der Waals surface area contributed by atoms with Crippen LogP contribution in [0.1, 0.15) is 22.2 Å². The molecule has 0 fully saturated rings. The zero-order chi connectivity index (χ0) is 13.8. The van der Waals surface area contributed by atoms with Gasteiger partial charge >= 0.3 is 0 Å². The molecule has 0 radical (unpaired) electrons. The zero-order valence-electron chi connectivity index (χ0n) is 10.7. The molecule has 102 valence electrons. The molecule has 0 spiro atoms. The van der Waals surface area contributed by atoms with E-state index in [1.165, 1.54) is 16.6 Å². The molecule has 0 bridgehead atoms. The fourth-order valence-electron chi connectivity index (χ4n) is 1.57. The molecule has 0 saturated heterocycles. The third-order valence-electron chi connectivity index (χ3n) is 2.46. The van der Waals surface area contributed by atoms with E-state index < -0.39 is 0 Å². The maximum atomic E-state index is 5.02. The van der Waals surface area contributed by atoms with Crippen LogP contribution in [0.25, 0.3) is 12.2 Å². The normalized spacial score (nSPS) is 11.4. The number of aromatic nitrogens is 4. The summed E-state index contributed by atoms with van der Waals surface area (Å²) < 4.78 is 5.02. The average Bonchev–Trinajstić information content (AvgIpc) is 3.16. The van der Waals surface area contributed by atoms with Crippen LogP contribution < -0.4 is 0 Å². The van der Waals surface area contributed by atoms with Gasteiger partial charge in [-0.25, -0.2) is 4.98 Å². The molecule has 0 aromatic carbocycles. The number of aryl methyl sites for hydroxylation is 1. The van der Waals surface area contributed by atoms with Crippen LogP contribution in [-0.2, 0) is 5.75 Å². The molecule has 1 N–H and O–H groups in total. The third-order valence-corrected chi connectivity index (χ3v) is 4.18. The largest absolute Gasteiger partial charge is 0.361 e. The van der Waals surface area contributed by atoms with E-state index in [9.17, 15) is 0 Å². The minimum atomic E-state index is 0.698. The quantitative estimate of drug-likeness (QED) is 0.729. The van der Waals surface area contributed by atoms with E-state index >= 15 is 0 Å². The SMILES string of the molecule is Cc1cc(CSc2n[nH]c(/C=C/c3cccs3)n2)no1. The van der Waals surface area contributed by atoms with Crippen LogP contribution in [0.3, 0.4) is 0 Å². The number of thiophene rings is 1. The third kappa shape index (κ3) is 3.37. The van der Waals surface area contributed by atoms with Gasteiger partial charge < -0.3 is 4.52 Å². The Hall–Kier alpha value is -1.86. The van der Waals surface area contributed by atoms with Gasteiger partial charge in [0.2, 0.25) is 5.16 Å². The van der Waals surface area contributed by atoms with Crippen LogP contribution in [0.5, 0.6) is 0 Å². The molecule has 0 aliphatic carbocycles. The number of hydrogen-bond acceptors (Lipinski definition) is 6. The van der Waals surface area contributed by atoms with E-state index in [1.54, 1.807) is 11.3 Å². The minimum Gasteiger partial charge on any atom is -0.361 e. The number of rotatable bonds is 5. The van der Waals surface area contributed by atoms with E-state index in [-0.39, 0.29) is 0 Å². The van der Waals surface area contributed by atoms with Crippen LogP contribution in [-0.4, -0.2) is 20.3 Å². The van der Waals surface area contributed by atoms with E-state index in [1.807, 2.05) is 36.6 Å². The van der Waals surface area contributed by atoms with Gasteiger partial charge in [0.05, 0.1) is 5.69 Å². The Morgan fingerprint density at radius 3 is 3.15 bits per heavy atom. The van der Waals surface area contributed by atoms with Crippen molar-refractivity contribution in [2.45, 2.75) is 17.8 Å². The fraction of sp³-hybridized carbons (Fsp3) is 0.154. The predicted octanol–water partition coefficient (Wildman–Crippen LogP) is 3.63. The minimum absolute atomic E-state index is 0.698. The molecule has 0 saturated carbocycles. The van der Waals surface area contributed by atoms with Crippen molar-refractivity contribution in [2.24, 2.45) is 0 Å². The van der Waals surface area contributed by atoms with Crippen LogP contribution in [0.2, 0.25) is 0 Å². The first-order valence-electron chi connectivity index (χ1n) is 5.98. The highest BCUT2D eigenvalue weighted by Crippen LogP contribution is 2.19. The average molecular weight is 304 g/mol. The molecule has 7 heteroatoms. The molecule has 3 aromatic heterocycles. The van der Waals surface area contributed by atoms with Crippen molar-refractivity contribution in [3.05, 3.63) is 45.7 Å². The van der Waals surface area contributed by atoms with Crippen molar-refractivity contribution in [3.8, 4) is 0 Å². The molecular formula is C13H12N4OS2. The molecule has 5 nitrogen and oxygen atoms in total. The van der Waals surface area contributed by atoms with Crippen LogP contribution in [0.15, 0.2) is 33.3 Å². The number of aromatic amines is 1. The smallest absolute Gasteiger partial charge is 0.209 e. The highest BCUT2D eigenvalue weighted by molar-refractivity contribution is 7.98. The highest BCUT2D eigenvalue weighted by Gasteiger charge is 2.05. The van der Waals surface area contributed by atoms with Gasteiger partial charge in [-0.1, -0.05) is 23.0 Å². The first-order chi connectivity index (χ1) is 9.79.